The van der Waals surface area contributed by atoms with Gasteiger partial charge in [-0.15, -0.1) is 12.6 Å². The third-order valence-electron chi connectivity index (χ3n) is 2.21. The Morgan fingerprint density at radius 2 is 2.50 bits per heavy atom. The Labute approximate surface area is 85.1 Å². The first-order chi connectivity index (χ1) is 5.74. The summed E-state index contributed by atoms with van der Waals surface area (Å²) in [6.45, 7) is 6.13. The number of thiocarbonyl (C=S) groups is 1. The van der Waals surface area contributed by atoms with Gasteiger partial charge in [-0.25, -0.2) is 5.32 Å². The zero-order valence-corrected chi connectivity index (χ0v) is 9.07. The van der Waals surface area contributed by atoms with Crippen LogP contribution in [-0.2, 0) is 0 Å². The van der Waals surface area contributed by atoms with Crippen molar-refractivity contribution in [1.29, 1.82) is 0 Å². The molecule has 1 atom stereocenters. The number of rotatable bonds is 3. The predicted octanol–water partition coefficient (Wildman–Crippen LogP) is 1.15. The van der Waals surface area contributed by atoms with Crippen LogP contribution in [-0.4, -0.2) is 35.4 Å². The highest BCUT2D eigenvalue weighted by Gasteiger charge is 2.18. The fourth-order valence-corrected chi connectivity index (χ4v) is 1.87. The Morgan fingerprint density at radius 1 is 1.75 bits per heavy atom. The van der Waals surface area contributed by atoms with E-state index in [1.54, 1.807) is 0 Å². The van der Waals surface area contributed by atoms with Crippen molar-refractivity contribution in [3.05, 3.63) is 0 Å². The molecule has 0 aromatic rings. The molecule has 0 N–H and O–H groups in total. The zero-order chi connectivity index (χ0) is 8.97. The van der Waals surface area contributed by atoms with Gasteiger partial charge in [0, 0.05) is 26.2 Å². The first-order valence-corrected chi connectivity index (χ1v) is 5.20. The molecular formula is C8H15N2S2. The summed E-state index contributed by atoms with van der Waals surface area (Å²) < 4.78 is 0.712. The molecule has 1 aliphatic heterocycles. The molecule has 0 aliphatic carbocycles. The molecule has 4 heteroatoms. The van der Waals surface area contributed by atoms with Crippen molar-refractivity contribution in [1.82, 2.24) is 10.2 Å². The summed E-state index contributed by atoms with van der Waals surface area (Å²) in [6, 6.07) is 0. The van der Waals surface area contributed by atoms with Crippen LogP contribution in [0.2, 0.25) is 0 Å². The van der Waals surface area contributed by atoms with Gasteiger partial charge in [0.1, 0.15) is 4.32 Å². The molecule has 0 amide bonds. The number of hydrogen-bond acceptors (Lipinski definition) is 1. The van der Waals surface area contributed by atoms with E-state index in [1.807, 2.05) is 0 Å². The molecule has 12 heavy (non-hydrogen) atoms. The van der Waals surface area contributed by atoms with E-state index in [0.717, 1.165) is 26.2 Å². The molecule has 0 spiro atoms. The summed E-state index contributed by atoms with van der Waals surface area (Å²) in [6.07, 6.45) is 1.22. The Kier molecular flexibility index (Phi) is 4.32. The molecule has 1 radical (unpaired) electrons. The molecule has 1 saturated heterocycles. The first kappa shape index (κ1) is 10.3. The summed E-state index contributed by atoms with van der Waals surface area (Å²) in [5.74, 6) is 0.704. The average Bonchev–Trinajstić information content (AvgIpc) is 2.51. The maximum atomic E-state index is 5.01. The van der Waals surface area contributed by atoms with E-state index in [2.05, 4.69) is 29.8 Å². The second-order valence-corrected chi connectivity index (χ2v) is 4.22. The van der Waals surface area contributed by atoms with Crippen LogP contribution >= 0.6 is 24.8 Å². The predicted molar refractivity (Wildman–Crippen MR) is 58.8 cm³/mol. The van der Waals surface area contributed by atoms with E-state index in [-0.39, 0.29) is 0 Å². The average molecular weight is 203 g/mol. The fourth-order valence-electron chi connectivity index (χ4n) is 1.44. The van der Waals surface area contributed by atoms with Crippen molar-refractivity contribution < 1.29 is 0 Å². The van der Waals surface area contributed by atoms with Crippen molar-refractivity contribution in [2.45, 2.75) is 13.3 Å². The third-order valence-corrected chi connectivity index (χ3v) is 2.75. The molecular weight excluding hydrogens is 188 g/mol. The topological polar surface area (TPSA) is 17.3 Å². The number of nitrogens with zero attached hydrogens (tertiary/aromatic N) is 2. The number of thiol groups is 1. The standard InChI is InChI=1S/C8H15N2S2/c1-2-10(8(11)12)6-7-3-4-9-5-7/h7H,2-6H2,1H3,(H,11,12). The fraction of sp³-hybridized carbons (Fsp3) is 0.875. The van der Waals surface area contributed by atoms with Crippen molar-refractivity contribution in [2.24, 2.45) is 5.92 Å². The Bertz CT molecular complexity index is 155. The highest BCUT2D eigenvalue weighted by atomic mass is 32.1. The van der Waals surface area contributed by atoms with Crippen LogP contribution in [0.5, 0.6) is 0 Å². The molecule has 2 nitrogen and oxygen atoms in total. The molecule has 0 aromatic heterocycles. The maximum absolute atomic E-state index is 5.01. The van der Waals surface area contributed by atoms with Crippen molar-refractivity contribution in [3.63, 3.8) is 0 Å². The largest absolute Gasteiger partial charge is 0.358 e. The normalized spacial score (nSPS) is 22.7. The van der Waals surface area contributed by atoms with Gasteiger partial charge in [-0.05, 0) is 19.3 Å². The molecule has 1 aliphatic rings. The second-order valence-electron chi connectivity index (χ2n) is 3.11. The van der Waals surface area contributed by atoms with E-state index in [0.29, 0.717) is 10.2 Å². The molecule has 1 heterocycles. The highest BCUT2D eigenvalue weighted by molar-refractivity contribution is 8.10. The van der Waals surface area contributed by atoms with Gasteiger partial charge in [-0.2, -0.15) is 0 Å². The molecule has 1 rings (SSSR count). The minimum absolute atomic E-state index is 0.704. The van der Waals surface area contributed by atoms with Crippen molar-refractivity contribution in [2.75, 3.05) is 26.2 Å². The molecule has 0 saturated carbocycles. The molecule has 1 unspecified atom stereocenters. The van der Waals surface area contributed by atoms with E-state index in [1.165, 1.54) is 6.42 Å². The van der Waals surface area contributed by atoms with Crippen LogP contribution in [0.4, 0.5) is 0 Å². The molecule has 69 valence electrons. The molecule has 0 aromatic carbocycles. The van der Waals surface area contributed by atoms with E-state index < -0.39 is 0 Å². The summed E-state index contributed by atoms with van der Waals surface area (Å²) in [5, 5.41) is 4.32. The Hall–Kier alpha value is 0.200. The van der Waals surface area contributed by atoms with E-state index >= 15 is 0 Å². The SMILES string of the molecule is CCN(CC1CC[N]C1)C(=S)S. The van der Waals surface area contributed by atoms with Crippen molar-refractivity contribution in [3.8, 4) is 0 Å². The molecule has 1 fully saturated rings. The van der Waals surface area contributed by atoms with Crippen LogP contribution in [0.3, 0.4) is 0 Å². The number of hydrogen-bond donors (Lipinski definition) is 1. The van der Waals surface area contributed by atoms with Gasteiger partial charge in [-0.3, -0.25) is 0 Å². The van der Waals surface area contributed by atoms with Crippen LogP contribution in [0.25, 0.3) is 0 Å². The van der Waals surface area contributed by atoms with Gasteiger partial charge in [-0.1, -0.05) is 12.2 Å². The molecule has 0 bridgehead atoms. The quantitative estimate of drug-likeness (QED) is 0.547. The lowest BCUT2D eigenvalue weighted by Crippen LogP contribution is -2.31. The van der Waals surface area contributed by atoms with Gasteiger partial charge < -0.3 is 4.90 Å². The minimum atomic E-state index is 0.704. The summed E-state index contributed by atoms with van der Waals surface area (Å²) in [7, 11) is 0. The Morgan fingerprint density at radius 3 is 2.92 bits per heavy atom. The van der Waals surface area contributed by atoms with Gasteiger partial charge in [0.25, 0.3) is 0 Å². The lowest BCUT2D eigenvalue weighted by atomic mass is 10.1. The second kappa shape index (κ2) is 5.04. The Balaban J connectivity index is 2.30. The maximum Gasteiger partial charge on any atom is 0.133 e. The minimum Gasteiger partial charge on any atom is -0.358 e. The third kappa shape index (κ3) is 2.92. The monoisotopic (exact) mass is 203 g/mol. The summed E-state index contributed by atoms with van der Waals surface area (Å²) >= 11 is 9.18. The lowest BCUT2D eigenvalue weighted by Gasteiger charge is -2.23. The smallest absolute Gasteiger partial charge is 0.133 e. The highest BCUT2D eigenvalue weighted by Crippen LogP contribution is 2.11. The van der Waals surface area contributed by atoms with Crippen LogP contribution < -0.4 is 5.32 Å². The van der Waals surface area contributed by atoms with Crippen LogP contribution in [0.15, 0.2) is 0 Å². The first-order valence-electron chi connectivity index (χ1n) is 4.35. The van der Waals surface area contributed by atoms with Gasteiger partial charge >= 0.3 is 0 Å². The summed E-state index contributed by atoms with van der Waals surface area (Å²) in [5.41, 5.74) is 0. The lowest BCUT2D eigenvalue weighted by molar-refractivity contribution is 0.374. The van der Waals surface area contributed by atoms with Crippen LogP contribution in [0.1, 0.15) is 13.3 Å². The van der Waals surface area contributed by atoms with E-state index in [9.17, 15) is 0 Å². The van der Waals surface area contributed by atoms with Gasteiger partial charge in [0.05, 0.1) is 0 Å². The zero-order valence-electron chi connectivity index (χ0n) is 7.36. The van der Waals surface area contributed by atoms with Gasteiger partial charge in [0.2, 0.25) is 0 Å². The van der Waals surface area contributed by atoms with Gasteiger partial charge in [0.15, 0.2) is 0 Å². The van der Waals surface area contributed by atoms with Crippen molar-refractivity contribution >= 4 is 29.2 Å². The van der Waals surface area contributed by atoms with Crippen LogP contribution in [0, 0.1) is 5.92 Å². The van der Waals surface area contributed by atoms with E-state index in [4.69, 9.17) is 12.2 Å². The summed E-state index contributed by atoms with van der Waals surface area (Å²) in [4.78, 5) is 2.13.